The Hall–Kier alpha value is -1.49. The smallest absolute Gasteiger partial charge is 0.306 e. The lowest BCUT2D eigenvalue weighted by atomic mass is 9.89. The number of nitrogens with two attached hydrogens (primary N) is 1. The molecule has 1 aromatic rings. The summed E-state index contributed by atoms with van der Waals surface area (Å²) < 4.78 is 29.4. The van der Waals surface area contributed by atoms with Crippen LogP contribution in [0.15, 0.2) is 24.3 Å². The highest BCUT2D eigenvalue weighted by molar-refractivity contribution is 5.70. The summed E-state index contributed by atoms with van der Waals surface area (Å²) >= 11 is 0. The molecule has 0 heterocycles. The predicted octanol–water partition coefficient (Wildman–Crippen LogP) is 2.62. The molecule has 0 spiro atoms. The Morgan fingerprint density at radius 1 is 1.28 bits per heavy atom. The number of rotatable bonds is 5. The maximum absolute atomic E-state index is 12.4. The van der Waals surface area contributed by atoms with Crippen molar-refractivity contribution in [1.29, 1.82) is 0 Å². The van der Waals surface area contributed by atoms with Gasteiger partial charge in [-0.2, -0.15) is 0 Å². The van der Waals surface area contributed by atoms with E-state index in [1.807, 2.05) is 0 Å². The number of benzene rings is 1. The van der Waals surface area contributed by atoms with Crippen LogP contribution in [0.3, 0.4) is 0 Å². The fourth-order valence-corrected chi connectivity index (χ4v) is 1.76. The zero-order chi connectivity index (χ0) is 13.7. The maximum atomic E-state index is 12.4. The van der Waals surface area contributed by atoms with Crippen molar-refractivity contribution in [3.63, 3.8) is 0 Å². The Labute approximate surface area is 105 Å². The number of methoxy groups -OCH3 is 1. The van der Waals surface area contributed by atoms with Crippen molar-refractivity contribution in [2.75, 3.05) is 7.11 Å². The molecule has 5 heteroatoms. The second-order valence-corrected chi connectivity index (χ2v) is 4.21. The molecular formula is C13H17F2NO2. The molecule has 0 aliphatic heterocycles. The molecule has 1 aromatic carbocycles. The first-order valence-corrected chi connectivity index (χ1v) is 5.66. The summed E-state index contributed by atoms with van der Waals surface area (Å²) in [4.78, 5) is 11.3. The quantitative estimate of drug-likeness (QED) is 0.825. The first-order valence-electron chi connectivity index (χ1n) is 5.66. The van der Waals surface area contributed by atoms with Gasteiger partial charge >= 0.3 is 5.97 Å². The standard InChI is InChI=1S/C13H17F2NO2/c1-8(16)11(7-12(17)18-2)9-3-5-10(6-4-9)13(14)15/h3-6,8,11,13H,7,16H2,1-2H3. The van der Waals surface area contributed by atoms with E-state index in [1.165, 1.54) is 19.2 Å². The van der Waals surface area contributed by atoms with Crippen LogP contribution in [0.2, 0.25) is 0 Å². The van der Waals surface area contributed by atoms with Gasteiger partial charge in [-0.25, -0.2) is 8.78 Å². The molecular weight excluding hydrogens is 240 g/mol. The molecule has 100 valence electrons. The molecule has 0 fully saturated rings. The predicted molar refractivity (Wildman–Crippen MR) is 64.4 cm³/mol. The molecule has 0 aliphatic rings. The van der Waals surface area contributed by atoms with Crippen LogP contribution in [-0.2, 0) is 9.53 Å². The van der Waals surface area contributed by atoms with E-state index in [1.54, 1.807) is 19.1 Å². The fourth-order valence-electron chi connectivity index (χ4n) is 1.76. The van der Waals surface area contributed by atoms with Crippen LogP contribution in [0.1, 0.15) is 36.8 Å². The first kappa shape index (κ1) is 14.6. The summed E-state index contributed by atoms with van der Waals surface area (Å²) in [6, 6.07) is 5.61. The number of hydrogen-bond donors (Lipinski definition) is 1. The normalized spacial score (nSPS) is 14.3. The largest absolute Gasteiger partial charge is 0.469 e. The highest BCUT2D eigenvalue weighted by atomic mass is 19.3. The average Bonchev–Trinajstić information content (AvgIpc) is 2.35. The SMILES string of the molecule is COC(=O)CC(c1ccc(C(F)F)cc1)C(C)N. The number of carbonyl (C=O) groups is 1. The van der Waals surface area contributed by atoms with Gasteiger partial charge in [0.05, 0.1) is 13.5 Å². The van der Waals surface area contributed by atoms with E-state index < -0.39 is 6.43 Å². The van der Waals surface area contributed by atoms with Gasteiger partial charge in [-0.05, 0) is 12.5 Å². The van der Waals surface area contributed by atoms with Crippen molar-refractivity contribution in [1.82, 2.24) is 0 Å². The second-order valence-electron chi connectivity index (χ2n) is 4.21. The van der Waals surface area contributed by atoms with E-state index in [4.69, 9.17) is 5.73 Å². The Morgan fingerprint density at radius 3 is 2.17 bits per heavy atom. The van der Waals surface area contributed by atoms with Crippen LogP contribution in [0, 0.1) is 0 Å². The highest BCUT2D eigenvalue weighted by Crippen LogP contribution is 2.26. The van der Waals surface area contributed by atoms with Crippen molar-refractivity contribution in [3.05, 3.63) is 35.4 Å². The van der Waals surface area contributed by atoms with Gasteiger partial charge in [-0.15, -0.1) is 0 Å². The van der Waals surface area contributed by atoms with Crippen LogP contribution >= 0.6 is 0 Å². The van der Waals surface area contributed by atoms with Gasteiger partial charge in [0.1, 0.15) is 0 Å². The minimum Gasteiger partial charge on any atom is -0.469 e. The summed E-state index contributed by atoms with van der Waals surface area (Å²) in [5.74, 6) is -0.598. The lowest BCUT2D eigenvalue weighted by Gasteiger charge is -2.20. The third-order valence-electron chi connectivity index (χ3n) is 2.87. The number of carbonyl (C=O) groups excluding carboxylic acids is 1. The molecule has 0 aliphatic carbocycles. The van der Waals surface area contributed by atoms with E-state index in [9.17, 15) is 13.6 Å². The van der Waals surface area contributed by atoms with Gasteiger partial charge in [-0.1, -0.05) is 24.3 Å². The van der Waals surface area contributed by atoms with Crippen LogP contribution in [0.25, 0.3) is 0 Å². The maximum Gasteiger partial charge on any atom is 0.306 e. The summed E-state index contributed by atoms with van der Waals surface area (Å²) in [6.45, 7) is 1.77. The number of alkyl halides is 2. The number of esters is 1. The van der Waals surface area contributed by atoms with Gasteiger partial charge in [0, 0.05) is 17.5 Å². The molecule has 3 nitrogen and oxygen atoms in total. The fraction of sp³-hybridized carbons (Fsp3) is 0.462. The Morgan fingerprint density at radius 2 is 1.78 bits per heavy atom. The molecule has 0 bridgehead atoms. The van der Waals surface area contributed by atoms with Crippen molar-refractivity contribution < 1.29 is 18.3 Å². The summed E-state index contributed by atoms with van der Waals surface area (Å²) in [5, 5.41) is 0. The van der Waals surface area contributed by atoms with Crippen LogP contribution in [-0.4, -0.2) is 19.1 Å². The zero-order valence-electron chi connectivity index (χ0n) is 10.4. The molecule has 1 rings (SSSR count). The molecule has 0 saturated carbocycles. The summed E-state index contributed by atoms with van der Waals surface area (Å²) in [6.07, 6.45) is -2.35. The van der Waals surface area contributed by atoms with E-state index >= 15 is 0 Å². The molecule has 2 atom stereocenters. The van der Waals surface area contributed by atoms with Crippen LogP contribution in [0.5, 0.6) is 0 Å². The van der Waals surface area contributed by atoms with E-state index in [0.29, 0.717) is 0 Å². The van der Waals surface area contributed by atoms with E-state index in [0.717, 1.165) is 5.56 Å². The minimum absolute atomic E-state index is 0.0414. The Kier molecular flexibility index (Phi) is 5.22. The second kappa shape index (κ2) is 6.44. The third-order valence-corrected chi connectivity index (χ3v) is 2.87. The zero-order valence-corrected chi connectivity index (χ0v) is 10.4. The summed E-state index contributed by atoms with van der Waals surface area (Å²) in [7, 11) is 1.31. The van der Waals surface area contributed by atoms with Crippen molar-refractivity contribution in [2.45, 2.75) is 31.7 Å². The number of ether oxygens (including phenoxy) is 1. The molecule has 0 radical (unpaired) electrons. The number of halogens is 2. The van der Waals surface area contributed by atoms with Gasteiger partial charge < -0.3 is 10.5 Å². The molecule has 2 N–H and O–H groups in total. The topological polar surface area (TPSA) is 52.3 Å². The van der Waals surface area contributed by atoms with Crippen molar-refractivity contribution >= 4 is 5.97 Å². The van der Waals surface area contributed by atoms with Crippen molar-refractivity contribution in [3.8, 4) is 0 Å². The van der Waals surface area contributed by atoms with Gasteiger partial charge in [0.15, 0.2) is 0 Å². The molecule has 0 saturated heterocycles. The number of hydrogen-bond acceptors (Lipinski definition) is 3. The summed E-state index contributed by atoms with van der Waals surface area (Å²) in [5.41, 5.74) is 6.54. The molecule has 2 unspecified atom stereocenters. The Balaban J connectivity index is 2.89. The van der Waals surface area contributed by atoms with E-state index in [2.05, 4.69) is 4.74 Å². The van der Waals surface area contributed by atoms with Gasteiger partial charge in [-0.3, -0.25) is 4.79 Å². The third kappa shape index (κ3) is 3.77. The van der Waals surface area contributed by atoms with Crippen molar-refractivity contribution in [2.24, 2.45) is 5.73 Å². The lowest BCUT2D eigenvalue weighted by molar-refractivity contribution is -0.141. The van der Waals surface area contributed by atoms with Gasteiger partial charge in [0.2, 0.25) is 0 Å². The average molecular weight is 257 g/mol. The minimum atomic E-state index is -2.49. The van der Waals surface area contributed by atoms with E-state index in [-0.39, 0.29) is 29.9 Å². The molecule has 18 heavy (non-hydrogen) atoms. The van der Waals surface area contributed by atoms with Gasteiger partial charge in [0.25, 0.3) is 6.43 Å². The lowest BCUT2D eigenvalue weighted by Crippen LogP contribution is -2.27. The molecule has 0 aromatic heterocycles. The van der Waals surface area contributed by atoms with Crippen LogP contribution in [0.4, 0.5) is 8.78 Å². The molecule has 0 amide bonds. The Bertz CT molecular complexity index is 390. The highest BCUT2D eigenvalue weighted by Gasteiger charge is 2.20. The van der Waals surface area contributed by atoms with Crippen LogP contribution < -0.4 is 5.73 Å². The first-order chi connectivity index (χ1) is 8.45. The monoisotopic (exact) mass is 257 g/mol.